The Hall–Kier alpha value is -2.07. The molecule has 2 aromatic carbocycles. The van der Waals surface area contributed by atoms with E-state index in [9.17, 15) is 10.1 Å². The maximum absolute atomic E-state index is 11.1. The van der Waals surface area contributed by atoms with Gasteiger partial charge in [-0.1, -0.05) is 35.9 Å². The van der Waals surface area contributed by atoms with Crippen molar-refractivity contribution in [3.8, 4) is 16.9 Å². The van der Waals surface area contributed by atoms with Crippen LogP contribution in [0, 0.1) is 10.1 Å². The lowest BCUT2D eigenvalue weighted by Gasteiger charge is -2.10. The minimum absolute atomic E-state index is 0.0352. The molecular weight excluding hydrogens is 254 g/mol. The number of nitro groups is 1. The summed E-state index contributed by atoms with van der Waals surface area (Å²) in [6.45, 7) is 0. The molecule has 5 heteroatoms. The fourth-order valence-electron chi connectivity index (χ4n) is 1.78. The molecule has 0 aliphatic carbocycles. The van der Waals surface area contributed by atoms with E-state index in [0.717, 1.165) is 0 Å². The zero-order valence-electron chi connectivity index (χ0n) is 9.59. The van der Waals surface area contributed by atoms with Gasteiger partial charge in [-0.15, -0.1) is 0 Å². The molecule has 0 fully saturated rings. The molecule has 0 spiro atoms. The van der Waals surface area contributed by atoms with Gasteiger partial charge in [-0.3, -0.25) is 10.1 Å². The normalized spacial score (nSPS) is 10.1. The molecule has 0 saturated heterocycles. The number of benzene rings is 2. The number of rotatable bonds is 3. The maximum atomic E-state index is 11.1. The summed E-state index contributed by atoms with van der Waals surface area (Å²) in [5.74, 6) is 0.550. The van der Waals surface area contributed by atoms with E-state index < -0.39 is 4.92 Å². The number of hydrogen-bond donors (Lipinski definition) is 0. The van der Waals surface area contributed by atoms with Crippen LogP contribution < -0.4 is 4.74 Å². The molecule has 92 valence electrons. The molecule has 0 atom stereocenters. The SMILES string of the molecule is COc1ccccc1-c1c(Cl)cccc1[N+](=O)[O-]. The van der Waals surface area contributed by atoms with Gasteiger partial charge in [-0.05, 0) is 12.1 Å². The van der Waals surface area contributed by atoms with Gasteiger partial charge in [0.05, 0.1) is 22.6 Å². The summed E-state index contributed by atoms with van der Waals surface area (Å²) in [6.07, 6.45) is 0. The number of methoxy groups -OCH3 is 1. The third kappa shape index (κ3) is 2.15. The van der Waals surface area contributed by atoms with Gasteiger partial charge in [0, 0.05) is 11.6 Å². The summed E-state index contributed by atoms with van der Waals surface area (Å²) < 4.78 is 5.21. The van der Waals surface area contributed by atoms with E-state index in [0.29, 0.717) is 21.9 Å². The summed E-state index contributed by atoms with van der Waals surface area (Å²) in [5.41, 5.74) is 0.950. The Balaban J connectivity index is 2.74. The summed E-state index contributed by atoms with van der Waals surface area (Å²) in [7, 11) is 1.52. The second kappa shape index (κ2) is 5.06. The molecule has 0 N–H and O–H groups in total. The Bertz CT molecular complexity index is 599. The summed E-state index contributed by atoms with van der Waals surface area (Å²) in [5, 5.41) is 11.4. The molecule has 2 aromatic rings. The molecule has 0 heterocycles. The van der Waals surface area contributed by atoms with E-state index in [1.54, 1.807) is 36.4 Å². The van der Waals surface area contributed by atoms with Crippen molar-refractivity contribution < 1.29 is 9.66 Å². The minimum atomic E-state index is -0.451. The van der Waals surface area contributed by atoms with Crippen LogP contribution in [0.25, 0.3) is 11.1 Å². The van der Waals surface area contributed by atoms with E-state index in [-0.39, 0.29) is 5.69 Å². The maximum Gasteiger partial charge on any atom is 0.278 e. The molecule has 2 rings (SSSR count). The van der Waals surface area contributed by atoms with Gasteiger partial charge in [0.2, 0.25) is 0 Å². The van der Waals surface area contributed by atoms with E-state index in [2.05, 4.69) is 0 Å². The molecule has 18 heavy (non-hydrogen) atoms. The Morgan fingerprint density at radius 2 is 1.89 bits per heavy atom. The fraction of sp³-hybridized carbons (Fsp3) is 0.0769. The van der Waals surface area contributed by atoms with Gasteiger partial charge in [0.15, 0.2) is 0 Å². The Labute approximate surface area is 109 Å². The van der Waals surface area contributed by atoms with Crippen molar-refractivity contribution in [1.29, 1.82) is 0 Å². The molecule has 0 saturated carbocycles. The summed E-state index contributed by atoms with van der Waals surface area (Å²) in [4.78, 5) is 10.6. The average molecular weight is 264 g/mol. The smallest absolute Gasteiger partial charge is 0.278 e. The minimum Gasteiger partial charge on any atom is -0.496 e. The molecule has 0 radical (unpaired) electrons. The standard InChI is InChI=1S/C13H10ClNO3/c1-18-12-8-3-2-5-9(12)13-10(14)6-4-7-11(13)15(16)17/h2-8H,1H3. The number of halogens is 1. The number of hydrogen-bond acceptors (Lipinski definition) is 3. The predicted octanol–water partition coefficient (Wildman–Crippen LogP) is 3.92. The molecule has 0 aliphatic heterocycles. The molecule has 0 aromatic heterocycles. The van der Waals surface area contributed by atoms with Gasteiger partial charge < -0.3 is 4.74 Å². The van der Waals surface area contributed by atoms with Crippen LogP contribution in [0.15, 0.2) is 42.5 Å². The first-order valence-electron chi connectivity index (χ1n) is 5.21. The van der Waals surface area contributed by atoms with E-state index >= 15 is 0 Å². The molecular formula is C13H10ClNO3. The summed E-state index contributed by atoms with van der Waals surface area (Å²) in [6, 6.07) is 11.7. The fourth-order valence-corrected chi connectivity index (χ4v) is 2.05. The first kappa shape index (κ1) is 12.4. The van der Waals surface area contributed by atoms with Crippen LogP contribution in [-0.4, -0.2) is 12.0 Å². The lowest BCUT2D eigenvalue weighted by molar-refractivity contribution is -0.384. The highest BCUT2D eigenvalue weighted by Gasteiger charge is 2.20. The third-order valence-corrected chi connectivity index (χ3v) is 2.88. The van der Waals surface area contributed by atoms with E-state index in [4.69, 9.17) is 16.3 Å². The van der Waals surface area contributed by atoms with Crippen molar-refractivity contribution in [2.45, 2.75) is 0 Å². The zero-order valence-corrected chi connectivity index (χ0v) is 10.3. The third-order valence-electron chi connectivity index (χ3n) is 2.56. The lowest BCUT2D eigenvalue weighted by atomic mass is 10.0. The van der Waals surface area contributed by atoms with Crippen LogP contribution in [0.3, 0.4) is 0 Å². The Kier molecular flexibility index (Phi) is 3.48. The Morgan fingerprint density at radius 1 is 1.17 bits per heavy atom. The molecule has 4 nitrogen and oxygen atoms in total. The monoisotopic (exact) mass is 263 g/mol. The molecule has 0 bridgehead atoms. The van der Waals surface area contributed by atoms with Crippen molar-refractivity contribution in [2.24, 2.45) is 0 Å². The van der Waals surface area contributed by atoms with Crippen LogP contribution in [-0.2, 0) is 0 Å². The summed E-state index contributed by atoms with van der Waals surface area (Å²) >= 11 is 6.08. The first-order valence-corrected chi connectivity index (χ1v) is 5.59. The quantitative estimate of drug-likeness (QED) is 0.623. The number of para-hydroxylation sites is 1. The van der Waals surface area contributed by atoms with Crippen LogP contribution in [0.2, 0.25) is 5.02 Å². The second-order valence-electron chi connectivity index (χ2n) is 3.59. The molecule has 0 aliphatic rings. The van der Waals surface area contributed by atoms with Gasteiger partial charge in [-0.2, -0.15) is 0 Å². The number of nitrogens with zero attached hydrogens (tertiary/aromatic N) is 1. The van der Waals surface area contributed by atoms with E-state index in [1.807, 2.05) is 0 Å². The van der Waals surface area contributed by atoms with Crippen LogP contribution in [0.4, 0.5) is 5.69 Å². The second-order valence-corrected chi connectivity index (χ2v) is 4.00. The van der Waals surface area contributed by atoms with Crippen molar-refractivity contribution >= 4 is 17.3 Å². The van der Waals surface area contributed by atoms with Gasteiger partial charge >= 0.3 is 0 Å². The van der Waals surface area contributed by atoms with Crippen LogP contribution in [0.1, 0.15) is 0 Å². The topological polar surface area (TPSA) is 52.4 Å². The highest BCUT2D eigenvalue weighted by atomic mass is 35.5. The van der Waals surface area contributed by atoms with Crippen molar-refractivity contribution in [2.75, 3.05) is 7.11 Å². The highest BCUT2D eigenvalue weighted by molar-refractivity contribution is 6.34. The molecule has 0 unspecified atom stereocenters. The lowest BCUT2D eigenvalue weighted by Crippen LogP contribution is -1.94. The number of ether oxygens (including phenoxy) is 1. The Morgan fingerprint density at radius 3 is 2.56 bits per heavy atom. The molecule has 0 amide bonds. The van der Waals surface area contributed by atoms with Crippen molar-refractivity contribution in [3.05, 3.63) is 57.6 Å². The largest absolute Gasteiger partial charge is 0.496 e. The van der Waals surface area contributed by atoms with Crippen LogP contribution >= 0.6 is 11.6 Å². The van der Waals surface area contributed by atoms with Gasteiger partial charge in [0.25, 0.3) is 5.69 Å². The average Bonchev–Trinajstić information content (AvgIpc) is 2.38. The highest BCUT2D eigenvalue weighted by Crippen LogP contribution is 2.40. The van der Waals surface area contributed by atoms with Crippen molar-refractivity contribution in [3.63, 3.8) is 0 Å². The van der Waals surface area contributed by atoms with Crippen LogP contribution in [0.5, 0.6) is 5.75 Å². The van der Waals surface area contributed by atoms with E-state index in [1.165, 1.54) is 13.2 Å². The first-order chi connectivity index (χ1) is 8.65. The number of nitro benzene ring substituents is 1. The van der Waals surface area contributed by atoms with Crippen molar-refractivity contribution in [1.82, 2.24) is 0 Å². The predicted molar refractivity (Wildman–Crippen MR) is 70.1 cm³/mol. The van der Waals surface area contributed by atoms with Gasteiger partial charge in [-0.25, -0.2) is 0 Å². The zero-order chi connectivity index (χ0) is 13.1. The van der Waals surface area contributed by atoms with Gasteiger partial charge in [0.1, 0.15) is 5.75 Å².